The van der Waals surface area contributed by atoms with Crippen LogP contribution in [0.5, 0.6) is 0 Å². The number of aromatic nitrogens is 1. The van der Waals surface area contributed by atoms with Gasteiger partial charge in [-0.05, 0) is 25.8 Å². The molecule has 0 spiro atoms. The fraction of sp³-hybridized carbons (Fsp3) is 0.667. The summed E-state index contributed by atoms with van der Waals surface area (Å²) in [4.78, 5) is 4.29. The second kappa shape index (κ2) is 8.78. The predicted molar refractivity (Wildman–Crippen MR) is 80.2 cm³/mol. The van der Waals surface area contributed by atoms with Crippen LogP contribution in [0.15, 0.2) is 18.3 Å². The first kappa shape index (κ1) is 14.8. The maximum atomic E-state index is 4.29. The summed E-state index contributed by atoms with van der Waals surface area (Å²) >= 11 is 0. The van der Waals surface area contributed by atoms with Crippen LogP contribution in [-0.2, 0) is 0 Å². The lowest BCUT2D eigenvalue weighted by Crippen LogP contribution is -2.19. The van der Waals surface area contributed by atoms with Crippen molar-refractivity contribution in [2.75, 3.05) is 17.2 Å². The fourth-order valence-corrected chi connectivity index (χ4v) is 2.12. The first-order chi connectivity index (χ1) is 8.80. The summed E-state index contributed by atoms with van der Waals surface area (Å²) < 4.78 is 0. The average molecular weight is 249 g/mol. The number of rotatable bonds is 9. The minimum absolute atomic E-state index is 0.590. The van der Waals surface area contributed by atoms with Crippen LogP contribution >= 0.6 is 0 Å². The summed E-state index contributed by atoms with van der Waals surface area (Å²) in [6, 6.07) is 4.74. The summed E-state index contributed by atoms with van der Waals surface area (Å²) in [6.07, 6.45) is 8.14. The van der Waals surface area contributed by atoms with Crippen LogP contribution in [-0.4, -0.2) is 17.6 Å². The van der Waals surface area contributed by atoms with Crippen LogP contribution in [0.2, 0.25) is 0 Å². The molecule has 0 aliphatic heterocycles. The van der Waals surface area contributed by atoms with E-state index in [-0.39, 0.29) is 0 Å². The Labute approximate surface area is 111 Å². The zero-order valence-corrected chi connectivity index (χ0v) is 12.0. The van der Waals surface area contributed by atoms with Gasteiger partial charge in [-0.2, -0.15) is 0 Å². The Bertz CT molecular complexity index is 325. The van der Waals surface area contributed by atoms with Crippen LogP contribution < -0.4 is 10.6 Å². The van der Waals surface area contributed by atoms with Crippen molar-refractivity contribution in [2.45, 2.75) is 58.9 Å². The van der Waals surface area contributed by atoms with E-state index in [4.69, 9.17) is 0 Å². The molecule has 0 aliphatic rings. The molecule has 3 heteroatoms. The lowest BCUT2D eigenvalue weighted by molar-refractivity contribution is 0.564. The molecule has 0 radical (unpaired) electrons. The van der Waals surface area contributed by atoms with Gasteiger partial charge in [0.15, 0.2) is 0 Å². The van der Waals surface area contributed by atoms with Gasteiger partial charge in [-0.25, -0.2) is 4.98 Å². The van der Waals surface area contributed by atoms with Gasteiger partial charge < -0.3 is 10.6 Å². The number of unbranched alkanes of at least 4 members (excludes halogenated alkanes) is 1. The molecule has 102 valence electrons. The van der Waals surface area contributed by atoms with Crippen LogP contribution in [0.1, 0.15) is 52.9 Å². The van der Waals surface area contributed by atoms with Crippen molar-refractivity contribution in [1.82, 2.24) is 4.98 Å². The van der Waals surface area contributed by atoms with E-state index < -0.39 is 0 Å². The number of hydrogen-bond donors (Lipinski definition) is 2. The number of nitrogens with zero attached hydrogens (tertiary/aromatic N) is 1. The van der Waals surface area contributed by atoms with Crippen LogP contribution in [0.4, 0.5) is 11.5 Å². The largest absolute Gasteiger partial charge is 0.382 e. The highest BCUT2D eigenvalue weighted by Gasteiger charge is 2.07. The normalized spacial score (nSPS) is 12.2. The van der Waals surface area contributed by atoms with Crippen molar-refractivity contribution in [3.8, 4) is 0 Å². The lowest BCUT2D eigenvalue weighted by Gasteiger charge is -2.19. The van der Waals surface area contributed by atoms with Crippen LogP contribution in [0.25, 0.3) is 0 Å². The van der Waals surface area contributed by atoms with Gasteiger partial charge in [0.2, 0.25) is 0 Å². The topological polar surface area (TPSA) is 37.0 Å². The molecular weight excluding hydrogens is 222 g/mol. The van der Waals surface area contributed by atoms with Crippen LogP contribution in [0.3, 0.4) is 0 Å². The molecule has 1 atom stereocenters. The second-order valence-electron chi connectivity index (χ2n) is 4.73. The van der Waals surface area contributed by atoms with Gasteiger partial charge in [-0.15, -0.1) is 0 Å². The molecule has 1 heterocycles. The minimum atomic E-state index is 0.590. The molecule has 1 rings (SSSR count). The van der Waals surface area contributed by atoms with Crippen molar-refractivity contribution >= 4 is 11.5 Å². The van der Waals surface area contributed by atoms with Crippen LogP contribution in [0, 0.1) is 0 Å². The predicted octanol–water partition coefficient (Wildman–Crippen LogP) is 4.28. The highest BCUT2D eigenvalue weighted by Crippen LogP contribution is 2.17. The average Bonchev–Trinajstić information content (AvgIpc) is 2.37. The summed E-state index contributed by atoms with van der Waals surface area (Å²) in [5.41, 5.74) is 1.18. The summed E-state index contributed by atoms with van der Waals surface area (Å²) in [7, 11) is 0. The minimum Gasteiger partial charge on any atom is -0.382 e. The van der Waals surface area contributed by atoms with Gasteiger partial charge >= 0.3 is 0 Å². The van der Waals surface area contributed by atoms with Gasteiger partial charge in [-0.3, -0.25) is 0 Å². The van der Waals surface area contributed by atoms with E-state index in [0.717, 1.165) is 12.4 Å². The van der Waals surface area contributed by atoms with E-state index in [1.807, 2.05) is 6.20 Å². The van der Waals surface area contributed by atoms with Gasteiger partial charge in [0, 0.05) is 30.5 Å². The fourth-order valence-electron chi connectivity index (χ4n) is 2.12. The molecule has 1 unspecified atom stereocenters. The Morgan fingerprint density at radius 3 is 2.67 bits per heavy atom. The van der Waals surface area contributed by atoms with Gasteiger partial charge in [-0.1, -0.05) is 33.1 Å². The summed E-state index contributed by atoms with van der Waals surface area (Å²) in [5, 5.41) is 6.88. The van der Waals surface area contributed by atoms with E-state index in [9.17, 15) is 0 Å². The third-order valence-corrected chi connectivity index (χ3v) is 3.03. The Hall–Kier alpha value is -1.25. The molecule has 0 saturated heterocycles. The molecule has 18 heavy (non-hydrogen) atoms. The number of pyridine rings is 1. The first-order valence-corrected chi connectivity index (χ1v) is 7.26. The van der Waals surface area contributed by atoms with Gasteiger partial charge in [0.05, 0.1) is 0 Å². The molecule has 1 aromatic rings. The molecule has 1 aromatic heterocycles. The lowest BCUT2D eigenvalue weighted by atomic mass is 10.0. The quantitative estimate of drug-likeness (QED) is 0.685. The first-order valence-electron chi connectivity index (χ1n) is 7.26. The smallest absolute Gasteiger partial charge is 0.127 e. The molecule has 3 nitrogen and oxygen atoms in total. The maximum absolute atomic E-state index is 4.29. The molecule has 0 amide bonds. The molecular formula is C15H27N3. The van der Waals surface area contributed by atoms with Gasteiger partial charge in [0.1, 0.15) is 5.82 Å². The van der Waals surface area contributed by atoms with Crippen molar-refractivity contribution in [1.29, 1.82) is 0 Å². The number of anilines is 2. The van der Waals surface area contributed by atoms with E-state index in [1.54, 1.807) is 0 Å². The second-order valence-corrected chi connectivity index (χ2v) is 4.73. The molecule has 0 aliphatic carbocycles. The number of hydrogen-bond acceptors (Lipinski definition) is 3. The highest BCUT2D eigenvalue weighted by molar-refractivity contribution is 5.52. The zero-order valence-electron chi connectivity index (χ0n) is 12.0. The highest BCUT2D eigenvalue weighted by atomic mass is 15.0. The Balaban J connectivity index is 2.58. The summed E-state index contributed by atoms with van der Waals surface area (Å²) in [6.45, 7) is 7.49. The van der Waals surface area contributed by atoms with E-state index in [0.29, 0.717) is 6.04 Å². The van der Waals surface area contributed by atoms with E-state index in [2.05, 4.69) is 48.5 Å². The van der Waals surface area contributed by atoms with Gasteiger partial charge in [0.25, 0.3) is 0 Å². The Morgan fingerprint density at radius 1 is 1.17 bits per heavy atom. The van der Waals surface area contributed by atoms with E-state index in [1.165, 1.54) is 37.8 Å². The van der Waals surface area contributed by atoms with Crippen molar-refractivity contribution < 1.29 is 0 Å². The third-order valence-electron chi connectivity index (χ3n) is 3.03. The SMILES string of the molecule is CCCCC(CCC)Nc1ccnc(NCC)c1. The standard InChI is InChI=1S/C15H27N3/c1-4-7-9-13(8-5-2)18-14-10-11-17-15(12-14)16-6-3/h10-13H,4-9H2,1-3H3,(H2,16,17,18). The molecule has 0 saturated carbocycles. The van der Waals surface area contributed by atoms with E-state index >= 15 is 0 Å². The summed E-state index contributed by atoms with van der Waals surface area (Å²) in [5.74, 6) is 0.952. The number of nitrogens with one attached hydrogen (secondary N) is 2. The van der Waals surface area contributed by atoms with Crippen molar-refractivity contribution in [2.24, 2.45) is 0 Å². The Morgan fingerprint density at radius 2 is 2.00 bits per heavy atom. The molecule has 2 N–H and O–H groups in total. The Kier molecular flexibility index (Phi) is 7.23. The van der Waals surface area contributed by atoms with Crippen molar-refractivity contribution in [3.63, 3.8) is 0 Å². The van der Waals surface area contributed by atoms with Crippen molar-refractivity contribution in [3.05, 3.63) is 18.3 Å². The third kappa shape index (κ3) is 5.39. The molecule has 0 aromatic carbocycles. The molecule has 0 fully saturated rings. The zero-order chi connectivity index (χ0) is 13.2. The maximum Gasteiger partial charge on any atom is 0.127 e. The molecule has 0 bridgehead atoms. The monoisotopic (exact) mass is 249 g/mol.